The van der Waals surface area contributed by atoms with Crippen molar-refractivity contribution in [3.05, 3.63) is 111 Å². The summed E-state index contributed by atoms with van der Waals surface area (Å²) in [6, 6.07) is 21.2. The second-order valence-corrected chi connectivity index (χ2v) is 7.79. The molecule has 0 amide bonds. The maximum absolute atomic E-state index is 13.6. The molecule has 3 aromatic carbocycles. The molecule has 0 fully saturated rings. The van der Waals surface area contributed by atoms with Gasteiger partial charge in [-0.05, 0) is 42.0 Å². The van der Waals surface area contributed by atoms with Crippen LogP contribution in [0.3, 0.4) is 0 Å². The van der Waals surface area contributed by atoms with E-state index in [1.165, 1.54) is 0 Å². The largest absolute Gasteiger partial charge is 0.497 e. The van der Waals surface area contributed by atoms with Gasteiger partial charge in [-0.2, -0.15) is 0 Å². The quantitative estimate of drug-likeness (QED) is 0.245. The average Bonchev–Trinajstić information content (AvgIpc) is 3.19. The normalized spacial score (nSPS) is 11.2. The van der Waals surface area contributed by atoms with Crippen molar-refractivity contribution in [3.63, 3.8) is 0 Å². The molecule has 0 saturated heterocycles. The minimum Gasteiger partial charge on any atom is -0.497 e. The highest BCUT2D eigenvalue weighted by molar-refractivity contribution is 6.31. The number of hydrogen-bond donors (Lipinski definition) is 0. The van der Waals surface area contributed by atoms with Crippen molar-refractivity contribution in [2.24, 2.45) is 0 Å². The third kappa shape index (κ3) is 3.47. The van der Waals surface area contributed by atoms with E-state index in [0.717, 1.165) is 11.3 Å². The van der Waals surface area contributed by atoms with E-state index in [1.54, 1.807) is 49.6 Å². The van der Waals surface area contributed by atoms with Crippen LogP contribution in [-0.4, -0.2) is 12.9 Å². The summed E-state index contributed by atoms with van der Waals surface area (Å²) in [7, 11) is 1.60. The van der Waals surface area contributed by atoms with Gasteiger partial charge in [-0.15, -0.1) is 0 Å². The Balaban J connectivity index is 1.76. The lowest BCUT2D eigenvalue weighted by Crippen LogP contribution is -2.09. The van der Waals surface area contributed by atoms with E-state index in [1.807, 2.05) is 30.3 Å². The Morgan fingerprint density at radius 2 is 1.75 bits per heavy atom. The molecule has 0 radical (unpaired) electrons. The number of para-hydroxylation sites is 1. The minimum absolute atomic E-state index is 0.136. The Morgan fingerprint density at radius 3 is 2.50 bits per heavy atom. The van der Waals surface area contributed by atoms with Crippen molar-refractivity contribution in [1.29, 1.82) is 0 Å². The molecule has 0 unspecified atom stereocenters. The maximum Gasteiger partial charge on any atom is 0.348 e. The topological polar surface area (TPSA) is 69.7 Å². The summed E-state index contributed by atoms with van der Waals surface area (Å²) in [6.07, 6.45) is 0.314. The number of fused-ring (bicyclic) bond motifs is 3. The van der Waals surface area contributed by atoms with Crippen LogP contribution in [0.5, 0.6) is 5.75 Å². The van der Waals surface area contributed by atoms with Gasteiger partial charge in [-0.1, -0.05) is 48.0 Å². The molecular weight excluding hydrogens is 428 g/mol. The number of rotatable bonds is 5. The summed E-state index contributed by atoms with van der Waals surface area (Å²) in [4.78, 5) is 26.5. The molecule has 5 aromatic rings. The molecule has 2 heterocycles. The van der Waals surface area contributed by atoms with Gasteiger partial charge in [-0.25, -0.2) is 4.79 Å². The molecule has 0 atom stereocenters. The number of carbonyl (C=O) groups is 1. The van der Waals surface area contributed by atoms with Crippen molar-refractivity contribution in [2.75, 3.05) is 7.11 Å². The number of ketones is 1. The van der Waals surface area contributed by atoms with Crippen molar-refractivity contribution in [3.8, 4) is 5.75 Å². The van der Waals surface area contributed by atoms with E-state index >= 15 is 0 Å². The van der Waals surface area contributed by atoms with Gasteiger partial charge < -0.3 is 13.6 Å². The molecule has 5 rings (SSSR count). The summed E-state index contributed by atoms with van der Waals surface area (Å²) in [5, 5.41) is 1.19. The monoisotopic (exact) mass is 444 g/mol. The van der Waals surface area contributed by atoms with Gasteiger partial charge in [0, 0.05) is 17.0 Å². The molecule has 0 aliphatic heterocycles. The number of furan rings is 1. The standard InChI is InChI=1S/C26H17ClO5/c1-30-18-11-9-15(10-12-18)13-21-22(24(28)16-5-4-6-17(27)14-16)23-25(31-21)19-7-2-3-8-20(19)32-26(23)29/h2-12,14H,13H2,1H3. The van der Waals surface area contributed by atoms with E-state index in [-0.39, 0.29) is 16.7 Å². The number of methoxy groups -OCH3 is 1. The van der Waals surface area contributed by atoms with Gasteiger partial charge in [0.1, 0.15) is 22.5 Å². The van der Waals surface area contributed by atoms with Gasteiger partial charge >= 0.3 is 5.63 Å². The average molecular weight is 445 g/mol. The van der Waals surface area contributed by atoms with Gasteiger partial charge in [-0.3, -0.25) is 4.79 Å². The fourth-order valence-corrected chi connectivity index (χ4v) is 4.01. The highest BCUT2D eigenvalue weighted by Crippen LogP contribution is 2.33. The molecule has 32 heavy (non-hydrogen) atoms. The maximum atomic E-state index is 13.6. The summed E-state index contributed by atoms with van der Waals surface area (Å²) in [5.74, 6) is 0.761. The van der Waals surface area contributed by atoms with E-state index < -0.39 is 5.63 Å². The highest BCUT2D eigenvalue weighted by atomic mass is 35.5. The third-order valence-electron chi connectivity index (χ3n) is 5.36. The lowest BCUT2D eigenvalue weighted by Gasteiger charge is -2.05. The molecule has 6 heteroatoms. The lowest BCUT2D eigenvalue weighted by atomic mass is 9.98. The fourth-order valence-electron chi connectivity index (χ4n) is 3.82. The van der Waals surface area contributed by atoms with E-state index in [9.17, 15) is 9.59 Å². The number of hydrogen-bond acceptors (Lipinski definition) is 5. The number of carbonyl (C=O) groups excluding carboxylic acids is 1. The van der Waals surface area contributed by atoms with Crippen molar-refractivity contribution < 1.29 is 18.4 Å². The second kappa shape index (κ2) is 8.02. The number of halogens is 1. The predicted octanol–water partition coefficient (Wildman–Crippen LogP) is 6.02. The predicted molar refractivity (Wildman–Crippen MR) is 123 cm³/mol. The molecular formula is C26H17ClO5. The molecule has 2 aromatic heterocycles. The number of ether oxygens (including phenoxy) is 1. The molecule has 158 valence electrons. The van der Waals surface area contributed by atoms with Crippen LogP contribution in [0.4, 0.5) is 0 Å². The van der Waals surface area contributed by atoms with Crippen molar-refractivity contribution in [2.45, 2.75) is 6.42 Å². The van der Waals surface area contributed by atoms with Gasteiger partial charge in [0.2, 0.25) is 0 Å². The molecule has 5 nitrogen and oxygen atoms in total. The van der Waals surface area contributed by atoms with Crippen molar-refractivity contribution in [1.82, 2.24) is 0 Å². The summed E-state index contributed by atoms with van der Waals surface area (Å²) < 4.78 is 16.9. The highest BCUT2D eigenvalue weighted by Gasteiger charge is 2.27. The van der Waals surface area contributed by atoms with Crippen LogP contribution in [-0.2, 0) is 6.42 Å². The van der Waals surface area contributed by atoms with Crippen LogP contribution in [0.1, 0.15) is 27.2 Å². The Labute approximate surface area is 187 Å². The van der Waals surface area contributed by atoms with Gasteiger partial charge in [0.05, 0.1) is 18.1 Å². The first kappa shape index (κ1) is 20.1. The van der Waals surface area contributed by atoms with E-state index in [0.29, 0.717) is 39.3 Å². The van der Waals surface area contributed by atoms with E-state index in [2.05, 4.69) is 0 Å². The Kier molecular flexibility index (Phi) is 5.04. The summed E-state index contributed by atoms with van der Waals surface area (Å²) >= 11 is 6.11. The molecule has 0 spiro atoms. The van der Waals surface area contributed by atoms with Crippen LogP contribution < -0.4 is 10.4 Å². The SMILES string of the molecule is COc1ccc(Cc2oc3c(c2C(=O)c2cccc(Cl)c2)c(=O)oc2ccccc23)cc1. The Morgan fingerprint density at radius 1 is 0.969 bits per heavy atom. The van der Waals surface area contributed by atoms with Gasteiger partial charge in [0.15, 0.2) is 11.4 Å². The van der Waals surface area contributed by atoms with Crippen LogP contribution in [0.15, 0.2) is 86.4 Å². The lowest BCUT2D eigenvalue weighted by molar-refractivity contribution is 0.103. The van der Waals surface area contributed by atoms with Crippen LogP contribution in [0.2, 0.25) is 5.02 Å². The first-order valence-corrected chi connectivity index (χ1v) is 10.3. The smallest absolute Gasteiger partial charge is 0.348 e. The molecule has 0 bridgehead atoms. The Hall–Kier alpha value is -3.83. The molecule has 0 aliphatic carbocycles. The summed E-state index contributed by atoms with van der Waals surface area (Å²) in [6.45, 7) is 0. The zero-order valence-corrected chi connectivity index (χ0v) is 17.8. The van der Waals surface area contributed by atoms with Crippen LogP contribution in [0.25, 0.3) is 21.9 Å². The zero-order valence-electron chi connectivity index (χ0n) is 17.1. The molecule has 0 N–H and O–H groups in total. The molecule has 0 saturated carbocycles. The zero-order chi connectivity index (χ0) is 22.2. The number of benzene rings is 3. The van der Waals surface area contributed by atoms with Gasteiger partial charge in [0.25, 0.3) is 0 Å². The van der Waals surface area contributed by atoms with Crippen LogP contribution in [0, 0.1) is 0 Å². The summed E-state index contributed by atoms with van der Waals surface area (Å²) in [5.41, 5.74) is 1.58. The third-order valence-corrected chi connectivity index (χ3v) is 5.59. The second-order valence-electron chi connectivity index (χ2n) is 7.35. The first-order valence-electron chi connectivity index (χ1n) is 9.95. The first-order chi connectivity index (χ1) is 15.5. The molecule has 0 aliphatic rings. The Bertz CT molecular complexity index is 1530. The van der Waals surface area contributed by atoms with Crippen molar-refractivity contribution >= 4 is 39.3 Å². The fraction of sp³-hybridized carbons (Fsp3) is 0.0769. The van der Waals surface area contributed by atoms with Crippen LogP contribution >= 0.6 is 11.6 Å². The minimum atomic E-state index is -0.617. The van der Waals surface area contributed by atoms with E-state index in [4.69, 9.17) is 25.2 Å².